The third-order valence-corrected chi connectivity index (χ3v) is 5.01. The summed E-state index contributed by atoms with van der Waals surface area (Å²) in [4.78, 5) is 16.1. The molecule has 0 radical (unpaired) electrons. The highest BCUT2D eigenvalue weighted by Crippen LogP contribution is 2.12. The molecule has 0 saturated heterocycles. The topological polar surface area (TPSA) is 119 Å². The Morgan fingerprint density at radius 3 is 2.39 bits per heavy atom. The first kappa shape index (κ1) is 21.6. The number of aromatic nitrogens is 1. The van der Waals surface area contributed by atoms with Gasteiger partial charge in [0, 0.05) is 19.7 Å². The first-order valence-electron chi connectivity index (χ1n) is 8.53. The zero-order valence-electron chi connectivity index (χ0n) is 15.8. The summed E-state index contributed by atoms with van der Waals surface area (Å²) in [5.41, 5.74) is 2.05. The third kappa shape index (κ3) is 7.51. The maximum atomic E-state index is 12.0. The van der Waals surface area contributed by atoms with Crippen LogP contribution < -0.4 is 20.1 Å². The van der Waals surface area contributed by atoms with E-state index in [1.807, 2.05) is 0 Å². The summed E-state index contributed by atoms with van der Waals surface area (Å²) in [7, 11) is -0.339. The minimum atomic E-state index is -3.31. The molecule has 3 N–H and O–H groups in total. The predicted molar refractivity (Wildman–Crippen MR) is 106 cm³/mol. The number of nitrogens with one attached hydrogen (secondary N) is 3. The number of anilines is 1. The van der Waals surface area contributed by atoms with Gasteiger partial charge >= 0.3 is 6.03 Å². The quantitative estimate of drug-likeness (QED) is 0.513. The zero-order valence-corrected chi connectivity index (χ0v) is 16.6. The van der Waals surface area contributed by atoms with Crippen LogP contribution in [0.4, 0.5) is 10.5 Å². The predicted octanol–water partition coefficient (Wildman–Crippen LogP) is 1.48. The van der Waals surface area contributed by atoms with E-state index in [9.17, 15) is 13.2 Å². The molecule has 1 heterocycles. The molecule has 10 heteroatoms. The van der Waals surface area contributed by atoms with Crippen molar-refractivity contribution in [3.63, 3.8) is 0 Å². The van der Waals surface area contributed by atoms with Gasteiger partial charge in [0.15, 0.2) is 0 Å². The van der Waals surface area contributed by atoms with E-state index in [-0.39, 0.29) is 11.8 Å². The van der Waals surface area contributed by atoms with Crippen molar-refractivity contribution in [2.75, 3.05) is 32.7 Å². The van der Waals surface area contributed by atoms with Gasteiger partial charge in [-0.1, -0.05) is 24.3 Å². The molecule has 0 aliphatic rings. The highest BCUT2D eigenvalue weighted by atomic mass is 32.2. The highest BCUT2D eigenvalue weighted by Gasteiger charge is 2.08. The van der Waals surface area contributed by atoms with Crippen molar-refractivity contribution in [1.82, 2.24) is 15.0 Å². The summed E-state index contributed by atoms with van der Waals surface area (Å²) < 4.78 is 35.6. The Labute approximate surface area is 164 Å². The third-order valence-electron chi connectivity index (χ3n) is 3.68. The number of pyridine rings is 1. The average molecular weight is 408 g/mol. The normalized spacial score (nSPS) is 11.1. The van der Waals surface area contributed by atoms with E-state index < -0.39 is 10.0 Å². The molecule has 0 bridgehead atoms. The molecule has 2 rings (SSSR count). The van der Waals surface area contributed by atoms with Crippen LogP contribution in [0.1, 0.15) is 11.1 Å². The van der Waals surface area contributed by atoms with Crippen LogP contribution in [-0.4, -0.2) is 46.8 Å². The van der Waals surface area contributed by atoms with Gasteiger partial charge in [-0.15, -0.1) is 0 Å². The molecule has 152 valence electrons. The lowest BCUT2D eigenvalue weighted by Crippen LogP contribution is -2.28. The summed E-state index contributed by atoms with van der Waals surface area (Å²) in [6.07, 6.45) is 1.50. The first-order valence-corrected chi connectivity index (χ1v) is 10.2. The standard InChI is InChI=1S/C18H24N4O5S/c1-19-28(24,25)13-15-5-3-14(4-6-15)11-21-18(23)22-16-7-8-17(20-12-16)27-10-9-26-2/h3-8,12,19H,9-11,13H2,1-2H3,(H2,21,22,23). The minimum absolute atomic E-state index is 0.0874. The van der Waals surface area contributed by atoms with Crippen LogP contribution >= 0.6 is 0 Å². The fourth-order valence-electron chi connectivity index (χ4n) is 2.17. The molecule has 28 heavy (non-hydrogen) atoms. The van der Waals surface area contributed by atoms with Crippen molar-refractivity contribution in [1.29, 1.82) is 0 Å². The number of methoxy groups -OCH3 is 1. The van der Waals surface area contributed by atoms with Crippen LogP contribution in [0.2, 0.25) is 0 Å². The molecule has 0 fully saturated rings. The lowest BCUT2D eigenvalue weighted by molar-refractivity contribution is 0.144. The fourth-order valence-corrected chi connectivity index (χ4v) is 2.95. The first-order chi connectivity index (χ1) is 13.4. The number of amides is 2. The average Bonchev–Trinajstić information content (AvgIpc) is 2.69. The van der Waals surface area contributed by atoms with Gasteiger partial charge in [-0.05, 0) is 24.2 Å². The van der Waals surface area contributed by atoms with Crippen molar-refractivity contribution < 1.29 is 22.7 Å². The Morgan fingerprint density at radius 2 is 1.79 bits per heavy atom. The van der Waals surface area contributed by atoms with Crippen LogP contribution in [0.25, 0.3) is 0 Å². The Kier molecular flexibility index (Phi) is 8.18. The molecule has 0 saturated carbocycles. The van der Waals surface area contributed by atoms with E-state index in [0.29, 0.717) is 36.9 Å². The summed E-state index contributed by atoms with van der Waals surface area (Å²) in [6.45, 7) is 1.17. The Balaban J connectivity index is 1.79. The van der Waals surface area contributed by atoms with Gasteiger partial charge in [0.2, 0.25) is 15.9 Å². The molecule has 0 atom stereocenters. The van der Waals surface area contributed by atoms with Gasteiger partial charge in [-0.2, -0.15) is 0 Å². The number of carbonyl (C=O) groups is 1. The highest BCUT2D eigenvalue weighted by molar-refractivity contribution is 7.88. The molecular weight excluding hydrogens is 384 g/mol. The molecule has 2 aromatic rings. The number of sulfonamides is 1. The largest absolute Gasteiger partial charge is 0.475 e. The number of rotatable bonds is 10. The molecule has 1 aromatic heterocycles. The van der Waals surface area contributed by atoms with Crippen molar-refractivity contribution in [2.45, 2.75) is 12.3 Å². The van der Waals surface area contributed by atoms with E-state index in [0.717, 1.165) is 5.56 Å². The van der Waals surface area contributed by atoms with Crippen LogP contribution in [0.3, 0.4) is 0 Å². The minimum Gasteiger partial charge on any atom is -0.475 e. The summed E-state index contributed by atoms with van der Waals surface area (Å²) >= 11 is 0. The summed E-state index contributed by atoms with van der Waals surface area (Å²) in [5, 5.41) is 5.40. The second-order valence-electron chi connectivity index (χ2n) is 5.81. The number of hydrogen-bond donors (Lipinski definition) is 3. The molecule has 1 aromatic carbocycles. The van der Waals surface area contributed by atoms with Gasteiger partial charge in [0.1, 0.15) is 6.61 Å². The van der Waals surface area contributed by atoms with Crippen LogP contribution in [0.5, 0.6) is 5.88 Å². The van der Waals surface area contributed by atoms with E-state index in [1.54, 1.807) is 43.5 Å². The van der Waals surface area contributed by atoms with E-state index in [4.69, 9.17) is 9.47 Å². The SMILES string of the molecule is CNS(=O)(=O)Cc1ccc(CNC(=O)Nc2ccc(OCCOC)nc2)cc1. The number of ether oxygens (including phenoxy) is 2. The van der Waals surface area contributed by atoms with Crippen molar-refractivity contribution in [3.8, 4) is 5.88 Å². The van der Waals surface area contributed by atoms with Crippen molar-refractivity contribution in [3.05, 3.63) is 53.7 Å². The summed E-state index contributed by atoms with van der Waals surface area (Å²) in [6, 6.07) is 9.95. The number of nitrogens with zero attached hydrogens (tertiary/aromatic N) is 1. The van der Waals surface area contributed by atoms with Crippen molar-refractivity contribution in [2.24, 2.45) is 0 Å². The van der Waals surface area contributed by atoms with Crippen LogP contribution in [0, 0.1) is 0 Å². The fraction of sp³-hybridized carbons (Fsp3) is 0.333. The molecule has 0 unspecified atom stereocenters. The van der Waals surface area contributed by atoms with Gasteiger partial charge in [0.25, 0.3) is 0 Å². The van der Waals surface area contributed by atoms with Gasteiger partial charge in [-0.25, -0.2) is 22.9 Å². The van der Waals surface area contributed by atoms with Gasteiger partial charge in [0.05, 0.1) is 24.2 Å². The molecule has 2 amide bonds. The lowest BCUT2D eigenvalue weighted by atomic mass is 10.1. The summed E-state index contributed by atoms with van der Waals surface area (Å²) in [5.74, 6) is 0.360. The maximum absolute atomic E-state index is 12.0. The van der Waals surface area contributed by atoms with Crippen LogP contribution in [0.15, 0.2) is 42.6 Å². The molecule has 0 aliphatic heterocycles. The smallest absolute Gasteiger partial charge is 0.319 e. The lowest BCUT2D eigenvalue weighted by Gasteiger charge is -2.09. The number of urea groups is 1. The Hall–Kier alpha value is -2.69. The van der Waals surface area contributed by atoms with Crippen molar-refractivity contribution >= 4 is 21.7 Å². The van der Waals surface area contributed by atoms with E-state index in [2.05, 4.69) is 20.3 Å². The van der Waals surface area contributed by atoms with E-state index >= 15 is 0 Å². The van der Waals surface area contributed by atoms with Crippen LogP contribution in [-0.2, 0) is 27.1 Å². The Bertz CT molecular complexity index is 855. The maximum Gasteiger partial charge on any atom is 0.319 e. The second kappa shape index (κ2) is 10.6. The second-order valence-corrected chi connectivity index (χ2v) is 7.74. The number of hydrogen-bond acceptors (Lipinski definition) is 6. The molecule has 0 aliphatic carbocycles. The molecular formula is C18H24N4O5S. The zero-order chi connectivity index (χ0) is 20.4. The van der Waals surface area contributed by atoms with Gasteiger partial charge in [-0.3, -0.25) is 0 Å². The van der Waals surface area contributed by atoms with E-state index in [1.165, 1.54) is 13.2 Å². The number of benzene rings is 1. The Morgan fingerprint density at radius 1 is 1.07 bits per heavy atom. The van der Waals surface area contributed by atoms with Gasteiger partial charge < -0.3 is 20.1 Å². The molecule has 9 nitrogen and oxygen atoms in total. The monoisotopic (exact) mass is 408 g/mol. The molecule has 0 spiro atoms. The number of carbonyl (C=O) groups excluding carboxylic acids is 1.